The van der Waals surface area contributed by atoms with Crippen molar-refractivity contribution in [2.75, 3.05) is 19.7 Å². The summed E-state index contributed by atoms with van der Waals surface area (Å²) in [6.07, 6.45) is -0.984. The van der Waals surface area contributed by atoms with Crippen LogP contribution in [0.4, 0.5) is 17.6 Å². The van der Waals surface area contributed by atoms with E-state index in [0.717, 1.165) is 19.0 Å². The van der Waals surface area contributed by atoms with E-state index in [2.05, 4.69) is 9.72 Å². The Morgan fingerprint density at radius 2 is 2.17 bits per heavy atom. The number of ether oxygens (including phenoxy) is 1. The summed E-state index contributed by atoms with van der Waals surface area (Å²) in [4.78, 5) is 17.5. The molecule has 1 unspecified atom stereocenters. The number of halogens is 5. The second-order valence-corrected chi connectivity index (χ2v) is 5.39. The number of nitrogens with two attached hydrogens (primary N) is 1. The molecule has 0 aromatic carbocycles. The van der Waals surface area contributed by atoms with E-state index in [1.54, 1.807) is 4.90 Å². The third-order valence-corrected chi connectivity index (χ3v) is 3.46. The summed E-state index contributed by atoms with van der Waals surface area (Å²) in [6, 6.07) is 2.48. The van der Waals surface area contributed by atoms with Gasteiger partial charge in [-0.3, -0.25) is 4.79 Å². The van der Waals surface area contributed by atoms with Crippen molar-refractivity contribution in [3.8, 4) is 5.88 Å². The molecule has 5 nitrogen and oxygen atoms in total. The molecule has 0 spiro atoms. The molecule has 24 heavy (non-hydrogen) atoms. The van der Waals surface area contributed by atoms with Gasteiger partial charge in [-0.25, -0.2) is 13.8 Å². The highest BCUT2D eigenvalue weighted by molar-refractivity contribution is 5.94. The van der Waals surface area contributed by atoms with Gasteiger partial charge < -0.3 is 15.4 Å². The van der Waals surface area contributed by atoms with Crippen molar-refractivity contribution in [1.29, 1.82) is 0 Å². The third-order valence-electron chi connectivity index (χ3n) is 3.46. The highest BCUT2D eigenvalue weighted by Gasteiger charge is 2.41. The lowest BCUT2D eigenvalue weighted by atomic mass is 10.1. The summed E-state index contributed by atoms with van der Waals surface area (Å²) in [5.74, 6) is -4.77. The number of hydrogen-bond acceptors (Lipinski definition) is 4. The molecule has 1 aromatic rings. The van der Waals surface area contributed by atoms with Crippen LogP contribution in [0.15, 0.2) is 18.3 Å². The molecule has 1 amide bonds. The molecule has 2 rings (SSSR count). The Balaban J connectivity index is 0.00000288. The second kappa shape index (κ2) is 8.48. The van der Waals surface area contributed by atoms with Crippen molar-refractivity contribution in [1.82, 2.24) is 9.88 Å². The van der Waals surface area contributed by atoms with Gasteiger partial charge in [0, 0.05) is 31.4 Å². The van der Waals surface area contributed by atoms with Gasteiger partial charge in [-0.15, -0.1) is 12.4 Å². The third kappa shape index (κ3) is 5.20. The molecule has 136 valence electrons. The molecular formula is C14H18ClF4N3O2. The van der Waals surface area contributed by atoms with Gasteiger partial charge >= 0.3 is 12.3 Å². The minimum Gasteiger partial charge on any atom is -0.471 e. The highest BCUT2D eigenvalue weighted by atomic mass is 35.5. The first kappa shape index (κ1) is 20.4. The van der Waals surface area contributed by atoms with Crippen LogP contribution in [0.3, 0.4) is 0 Å². The fraction of sp³-hybridized carbons (Fsp3) is 0.571. The van der Waals surface area contributed by atoms with E-state index in [4.69, 9.17) is 5.73 Å². The first-order chi connectivity index (χ1) is 10.8. The quantitative estimate of drug-likeness (QED) is 0.807. The van der Waals surface area contributed by atoms with Crippen LogP contribution in [-0.4, -0.2) is 53.9 Å². The molecule has 0 bridgehead atoms. The summed E-state index contributed by atoms with van der Waals surface area (Å²) in [5, 5.41) is 0. The predicted molar refractivity (Wildman–Crippen MR) is 81.0 cm³/mol. The van der Waals surface area contributed by atoms with E-state index in [9.17, 15) is 22.4 Å². The molecule has 2 heterocycles. The Labute approximate surface area is 142 Å². The Kier molecular flexibility index (Phi) is 7.22. The molecule has 0 aliphatic carbocycles. The topological polar surface area (TPSA) is 68.5 Å². The number of alkyl halides is 4. The lowest BCUT2D eigenvalue weighted by Crippen LogP contribution is -2.45. The van der Waals surface area contributed by atoms with Crippen molar-refractivity contribution in [3.05, 3.63) is 23.9 Å². The Hall–Kier alpha value is -1.61. The van der Waals surface area contributed by atoms with Crippen LogP contribution in [0, 0.1) is 0 Å². The molecular weight excluding hydrogens is 354 g/mol. The second-order valence-electron chi connectivity index (χ2n) is 5.39. The standard InChI is InChI=1S/C14H17F4N3O2.ClH/c15-13(16)14(17,18)8-23-11-4-3-9(6-20-11)12(22)21-5-1-2-10(19)7-21;/h3-4,6,10,13H,1-2,5,7-8,19H2;1H. The van der Waals surface area contributed by atoms with E-state index >= 15 is 0 Å². The molecule has 10 heteroatoms. The van der Waals surface area contributed by atoms with Gasteiger partial charge in [-0.1, -0.05) is 0 Å². The Morgan fingerprint density at radius 1 is 1.46 bits per heavy atom. The zero-order chi connectivity index (χ0) is 17.0. The zero-order valence-electron chi connectivity index (χ0n) is 12.6. The van der Waals surface area contributed by atoms with Crippen molar-refractivity contribution < 1.29 is 27.1 Å². The number of carbonyl (C=O) groups excluding carboxylic acids is 1. The fourth-order valence-electron chi connectivity index (χ4n) is 2.20. The Bertz CT molecular complexity index is 545. The normalized spacial score (nSPS) is 18.2. The smallest absolute Gasteiger partial charge is 0.340 e. The van der Waals surface area contributed by atoms with Crippen molar-refractivity contribution in [2.24, 2.45) is 5.73 Å². The fourth-order valence-corrected chi connectivity index (χ4v) is 2.20. The first-order valence-corrected chi connectivity index (χ1v) is 7.09. The highest BCUT2D eigenvalue weighted by Crippen LogP contribution is 2.23. The van der Waals surface area contributed by atoms with E-state index in [1.807, 2.05) is 0 Å². The summed E-state index contributed by atoms with van der Waals surface area (Å²) in [6.45, 7) is -0.449. The summed E-state index contributed by atoms with van der Waals surface area (Å²) in [5.41, 5.74) is 6.06. The number of nitrogens with zero attached hydrogens (tertiary/aromatic N) is 2. The maximum atomic E-state index is 12.7. The van der Waals surface area contributed by atoms with Crippen LogP contribution in [-0.2, 0) is 0 Å². The van der Waals surface area contributed by atoms with Crippen LogP contribution in [0.1, 0.15) is 23.2 Å². The van der Waals surface area contributed by atoms with Gasteiger partial charge in [0.1, 0.15) is 0 Å². The van der Waals surface area contributed by atoms with Crippen molar-refractivity contribution >= 4 is 18.3 Å². The van der Waals surface area contributed by atoms with E-state index in [-0.39, 0.29) is 35.8 Å². The molecule has 1 fully saturated rings. The number of hydrogen-bond donors (Lipinski definition) is 1. The molecule has 2 N–H and O–H groups in total. The van der Waals surface area contributed by atoms with Crippen LogP contribution in [0.2, 0.25) is 0 Å². The van der Waals surface area contributed by atoms with Gasteiger partial charge in [-0.2, -0.15) is 8.78 Å². The largest absolute Gasteiger partial charge is 0.471 e. The maximum Gasteiger partial charge on any atom is 0.340 e. The number of piperidine rings is 1. The average molecular weight is 372 g/mol. The monoisotopic (exact) mass is 371 g/mol. The molecule has 0 saturated carbocycles. The molecule has 1 aromatic heterocycles. The molecule has 1 saturated heterocycles. The van der Waals surface area contributed by atoms with Crippen molar-refractivity contribution in [3.63, 3.8) is 0 Å². The first-order valence-electron chi connectivity index (χ1n) is 7.09. The summed E-state index contributed by atoms with van der Waals surface area (Å²) < 4.78 is 54.1. The van der Waals surface area contributed by atoms with Gasteiger partial charge in [0.2, 0.25) is 5.88 Å². The molecule has 1 aliphatic rings. The lowest BCUT2D eigenvalue weighted by Gasteiger charge is -2.30. The summed E-state index contributed by atoms with van der Waals surface area (Å²) in [7, 11) is 0. The average Bonchev–Trinajstić information content (AvgIpc) is 2.52. The van der Waals surface area contributed by atoms with Crippen LogP contribution < -0.4 is 10.5 Å². The van der Waals surface area contributed by atoms with Crippen LogP contribution in [0.5, 0.6) is 5.88 Å². The van der Waals surface area contributed by atoms with Crippen molar-refractivity contribution in [2.45, 2.75) is 31.2 Å². The van der Waals surface area contributed by atoms with E-state index < -0.39 is 19.0 Å². The number of carbonyl (C=O) groups is 1. The summed E-state index contributed by atoms with van der Waals surface area (Å²) >= 11 is 0. The number of pyridine rings is 1. The van der Waals surface area contributed by atoms with Crippen LogP contribution >= 0.6 is 12.4 Å². The number of likely N-dealkylation sites (tertiary alicyclic amines) is 1. The lowest BCUT2D eigenvalue weighted by molar-refractivity contribution is -0.148. The van der Waals surface area contributed by atoms with Crippen LogP contribution in [0.25, 0.3) is 0 Å². The van der Waals surface area contributed by atoms with Gasteiger partial charge in [0.25, 0.3) is 5.91 Å². The van der Waals surface area contributed by atoms with Gasteiger partial charge in [0.05, 0.1) is 5.56 Å². The number of aromatic nitrogens is 1. The molecule has 1 aliphatic heterocycles. The minimum atomic E-state index is -4.25. The number of amides is 1. The predicted octanol–water partition coefficient (Wildman–Crippen LogP) is 2.35. The van der Waals surface area contributed by atoms with E-state index in [0.29, 0.717) is 13.1 Å². The molecule has 1 atom stereocenters. The number of rotatable bonds is 5. The molecule has 0 radical (unpaired) electrons. The van der Waals surface area contributed by atoms with E-state index in [1.165, 1.54) is 12.1 Å². The van der Waals surface area contributed by atoms with Gasteiger partial charge in [-0.05, 0) is 18.9 Å². The maximum absolute atomic E-state index is 12.7. The zero-order valence-corrected chi connectivity index (χ0v) is 13.4. The minimum absolute atomic E-state index is 0. The van der Waals surface area contributed by atoms with Gasteiger partial charge in [0.15, 0.2) is 6.61 Å². The Morgan fingerprint density at radius 3 is 2.71 bits per heavy atom. The SMILES string of the molecule is Cl.NC1CCCN(C(=O)c2ccc(OCC(F)(F)C(F)F)nc2)C1.